The summed E-state index contributed by atoms with van der Waals surface area (Å²) in [4.78, 5) is 0. The van der Waals surface area contributed by atoms with Crippen LogP contribution in [-0.4, -0.2) is 0 Å². The third-order valence-corrected chi connectivity index (χ3v) is 5.99. The number of fused-ring (bicyclic) bond motifs is 5. The first-order valence-corrected chi connectivity index (χ1v) is 7.63. The van der Waals surface area contributed by atoms with Crippen molar-refractivity contribution in [3.05, 3.63) is 30.2 Å². The smallest absolute Gasteiger partial charge is 0.00141 e. The molecule has 17 heavy (non-hydrogen) atoms. The first-order valence-electron chi connectivity index (χ1n) is 7.63. The van der Waals surface area contributed by atoms with Crippen LogP contribution in [0.2, 0.25) is 0 Å². The van der Waals surface area contributed by atoms with E-state index in [2.05, 4.69) is 24.6 Å². The van der Waals surface area contributed by atoms with Gasteiger partial charge in [0.1, 0.15) is 0 Å². The van der Waals surface area contributed by atoms with Crippen LogP contribution < -0.4 is 0 Å². The maximum Gasteiger partial charge on any atom is -0.00141 e. The minimum atomic E-state index is 0.836. The van der Waals surface area contributed by atoms with Gasteiger partial charge in [-0.3, -0.25) is 0 Å². The van der Waals surface area contributed by atoms with Gasteiger partial charge in [-0.2, -0.15) is 0 Å². The standard InChI is InChI=1S/C17H23/c1-2-6-14-12(4-1)8-10-17-15-7-3-5-13(15)9-11-16(14)17/h1,3,5,7,12-14,16-17H,2,4,6,8-11H2. The minimum Gasteiger partial charge on any atom is -0.0773 e. The van der Waals surface area contributed by atoms with E-state index in [9.17, 15) is 0 Å². The third-order valence-electron chi connectivity index (χ3n) is 5.99. The van der Waals surface area contributed by atoms with Gasteiger partial charge in [0.25, 0.3) is 0 Å². The summed E-state index contributed by atoms with van der Waals surface area (Å²) in [5, 5.41) is 0. The van der Waals surface area contributed by atoms with Crippen molar-refractivity contribution >= 4 is 0 Å². The predicted octanol–water partition coefficient (Wildman–Crippen LogP) is 4.54. The normalized spacial score (nSPS) is 48.0. The predicted molar refractivity (Wildman–Crippen MR) is 71.3 cm³/mol. The van der Waals surface area contributed by atoms with Gasteiger partial charge in [0.15, 0.2) is 0 Å². The lowest BCUT2D eigenvalue weighted by molar-refractivity contribution is 0.0574. The van der Waals surface area contributed by atoms with E-state index in [0.29, 0.717) is 0 Å². The second kappa shape index (κ2) is 4.00. The zero-order valence-corrected chi connectivity index (χ0v) is 10.6. The lowest BCUT2D eigenvalue weighted by Gasteiger charge is -2.49. The van der Waals surface area contributed by atoms with E-state index in [1.165, 1.54) is 44.9 Å². The molecule has 0 amide bonds. The van der Waals surface area contributed by atoms with Crippen LogP contribution in [0.5, 0.6) is 0 Å². The SMILES string of the molecule is [CH]1CCC2C(C1)CCC1C3=CC=CC3CCC12. The quantitative estimate of drug-likeness (QED) is 0.570. The Balaban J connectivity index is 1.61. The van der Waals surface area contributed by atoms with Gasteiger partial charge in [-0.1, -0.05) is 23.8 Å². The molecule has 0 heterocycles. The van der Waals surface area contributed by atoms with Crippen molar-refractivity contribution in [3.8, 4) is 0 Å². The third kappa shape index (κ3) is 1.56. The van der Waals surface area contributed by atoms with E-state index in [-0.39, 0.29) is 0 Å². The van der Waals surface area contributed by atoms with Crippen molar-refractivity contribution in [2.24, 2.45) is 29.6 Å². The molecule has 0 bridgehead atoms. The molecule has 5 atom stereocenters. The molecule has 4 aliphatic carbocycles. The fraction of sp³-hybridized carbons (Fsp3) is 0.706. The van der Waals surface area contributed by atoms with Gasteiger partial charge in [0.2, 0.25) is 0 Å². The lowest BCUT2D eigenvalue weighted by Crippen LogP contribution is -2.40. The van der Waals surface area contributed by atoms with Crippen molar-refractivity contribution in [1.29, 1.82) is 0 Å². The van der Waals surface area contributed by atoms with Gasteiger partial charge in [-0.15, -0.1) is 0 Å². The van der Waals surface area contributed by atoms with Gasteiger partial charge in [-0.05, 0) is 81.0 Å². The van der Waals surface area contributed by atoms with Crippen molar-refractivity contribution < 1.29 is 0 Å². The molecule has 3 fully saturated rings. The van der Waals surface area contributed by atoms with E-state index < -0.39 is 0 Å². The summed E-state index contributed by atoms with van der Waals surface area (Å²) in [7, 11) is 0. The average Bonchev–Trinajstić information content (AvgIpc) is 2.86. The zero-order chi connectivity index (χ0) is 11.2. The van der Waals surface area contributed by atoms with Gasteiger partial charge < -0.3 is 0 Å². The minimum absolute atomic E-state index is 0.836. The van der Waals surface area contributed by atoms with Gasteiger partial charge in [0.05, 0.1) is 0 Å². The van der Waals surface area contributed by atoms with E-state index in [0.717, 1.165) is 29.6 Å². The Kier molecular flexibility index (Phi) is 2.45. The van der Waals surface area contributed by atoms with Crippen LogP contribution in [0.4, 0.5) is 0 Å². The molecule has 1 radical (unpaired) electrons. The van der Waals surface area contributed by atoms with Gasteiger partial charge >= 0.3 is 0 Å². The van der Waals surface area contributed by atoms with Crippen molar-refractivity contribution in [3.63, 3.8) is 0 Å². The molecule has 0 nitrogen and oxygen atoms in total. The van der Waals surface area contributed by atoms with Crippen LogP contribution in [0.25, 0.3) is 0 Å². The number of hydrogen-bond acceptors (Lipinski definition) is 0. The molecule has 0 aromatic carbocycles. The maximum absolute atomic E-state index is 2.56. The Hall–Kier alpha value is -0.520. The molecular weight excluding hydrogens is 204 g/mol. The summed E-state index contributed by atoms with van der Waals surface area (Å²) >= 11 is 0. The highest BCUT2D eigenvalue weighted by molar-refractivity contribution is 5.32. The Bertz CT molecular complexity index is 362. The first-order chi connectivity index (χ1) is 8.43. The van der Waals surface area contributed by atoms with Gasteiger partial charge in [0, 0.05) is 0 Å². The number of allylic oxidation sites excluding steroid dienone is 4. The fourth-order valence-corrected chi connectivity index (χ4v) is 5.25. The zero-order valence-electron chi connectivity index (χ0n) is 10.6. The molecule has 0 N–H and O–H groups in total. The molecular formula is C17H23. The average molecular weight is 227 g/mol. The summed E-state index contributed by atoms with van der Waals surface area (Å²) in [6.45, 7) is 0. The molecule has 5 unspecified atom stereocenters. The van der Waals surface area contributed by atoms with Crippen LogP contribution in [-0.2, 0) is 0 Å². The summed E-state index contributed by atoms with van der Waals surface area (Å²) in [5.74, 6) is 4.97. The van der Waals surface area contributed by atoms with Crippen molar-refractivity contribution in [2.75, 3.05) is 0 Å². The van der Waals surface area contributed by atoms with Crippen molar-refractivity contribution in [1.82, 2.24) is 0 Å². The van der Waals surface area contributed by atoms with E-state index in [1.807, 2.05) is 5.57 Å². The summed E-state index contributed by atoms with van der Waals surface area (Å²) in [6, 6.07) is 0. The highest BCUT2D eigenvalue weighted by atomic mass is 14.5. The number of rotatable bonds is 0. The topological polar surface area (TPSA) is 0 Å². The highest BCUT2D eigenvalue weighted by Crippen LogP contribution is 2.54. The molecule has 0 aromatic rings. The molecule has 4 aliphatic rings. The van der Waals surface area contributed by atoms with Crippen LogP contribution in [0.15, 0.2) is 23.8 Å². The molecule has 4 rings (SSSR count). The molecule has 0 spiro atoms. The largest absolute Gasteiger partial charge is 0.0773 e. The summed E-state index contributed by atoms with van der Waals surface area (Å²) < 4.78 is 0. The molecule has 0 heteroatoms. The second-order valence-electron chi connectivity index (χ2n) is 6.61. The Morgan fingerprint density at radius 1 is 0.941 bits per heavy atom. The Morgan fingerprint density at radius 2 is 1.94 bits per heavy atom. The van der Waals surface area contributed by atoms with Gasteiger partial charge in [-0.25, -0.2) is 0 Å². The van der Waals surface area contributed by atoms with Crippen LogP contribution in [0.3, 0.4) is 0 Å². The fourth-order valence-electron chi connectivity index (χ4n) is 5.25. The molecule has 91 valence electrons. The van der Waals surface area contributed by atoms with E-state index >= 15 is 0 Å². The summed E-state index contributed by atoms with van der Waals surface area (Å²) in [6.07, 6.45) is 20.1. The Labute approximate surface area is 105 Å². The molecule has 0 aromatic heterocycles. The number of hydrogen-bond donors (Lipinski definition) is 0. The lowest BCUT2D eigenvalue weighted by atomic mass is 9.55. The molecule has 0 aliphatic heterocycles. The van der Waals surface area contributed by atoms with Crippen LogP contribution >= 0.6 is 0 Å². The maximum atomic E-state index is 2.56. The summed E-state index contributed by atoms with van der Waals surface area (Å²) in [5.41, 5.74) is 1.81. The first kappa shape index (κ1) is 10.4. The second-order valence-corrected chi connectivity index (χ2v) is 6.61. The molecule has 3 saturated carbocycles. The Morgan fingerprint density at radius 3 is 2.94 bits per heavy atom. The van der Waals surface area contributed by atoms with Crippen LogP contribution in [0.1, 0.15) is 44.9 Å². The highest BCUT2D eigenvalue weighted by Gasteiger charge is 2.44. The van der Waals surface area contributed by atoms with Crippen LogP contribution in [0, 0.1) is 36.0 Å². The monoisotopic (exact) mass is 227 g/mol. The van der Waals surface area contributed by atoms with Crippen molar-refractivity contribution in [2.45, 2.75) is 44.9 Å². The van der Waals surface area contributed by atoms with E-state index in [1.54, 1.807) is 0 Å². The van der Waals surface area contributed by atoms with E-state index in [4.69, 9.17) is 0 Å². The molecule has 0 saturated heterocycles.